The zero-order valence-corrected chi connectivity index (χ0v) is 8.69. The van der Waals surface area contributed by atoms with Gasteiger partial charge >= 0.3 is 0 Å². The van der Waals surface area contributed by atoms with Crippen LogP contribution in [0.2, 0.25) is 0 Å². The summed E-state index contributed by atoms with van der Waals surface area (Å²) in [6, 6.07) is 8.78. The topological polar surface area (TPSA) is 87.9 Å². The fourth-order valence-corrected chi connectivity index (χ4v) is 1.29. The molecule has 1 aromatic heterocycles. The number of nitriles is 1. The van der Waals surface area contributed by atoms with E-state index in [1.54, 1.807) is 24.3 Å². The van der Waals surface area contributed by atoms with Gasteiger partial charge in [0.05, 0.1) is 28.7 Å². The third-order valence-corrected chi connectivity index (χ3v) is 2.07. The molecule has 0 aliphatic rings. The van der Waals surface area contributed by atoms with Crippen molar-refractivity contribution in [1.29, 1.82) is 5.26 Å². The van der Waals surface area contributed by atoms with Crippen molar-refractivity contribution in [3.63, 3.8) is 0 Å². The summed E-state index contributed by atoms with van der Waals surface area (Å²) in [6.45, 7) is 1.82. The van der Waals surface area contributed by atoms with Crippen LogP contribution in [0.3, 0.4) is 0 Å². The van der Waals surface area contributed by atoms with E-state index in [1.807, 2.05) is 13.0 Å². The van der Waals surface area contributed by atoms with Crippen LogP contribution in [-0.4, -0.2) is 5.16 Å². The van der Waals surface area contributed by atoms with Crippen molar-refractivity contribution in [2.45, 2.75) is 6.92 Å². The predicted octanol–water partition coefficient (Wildman–Crippen LogP) is 2.18. The lowest BCUT2D eigenvalue weighted by Crippen LogP contribution is -1.95. The molecule has 0 atom stereocenters. The van der Waals surface area contributed by atoms with E-state index in [-0.39, 0.29) is 0 Å². The van der Waals surface area contributed by atoms with Crippen LogP contribution in [0.1, 0.15) is 11.3 Å². The van der Waals surface area contributed by atoms with E-state index in [2.05, 4.69) is 10.5 Å². The first-order valence-corrected chi connectivity index (χ1v) is 4.69. The van der Waals surface area contributed by atoms with Crippen LogP contribution in [0.5, 0.6) is 0 Å². The highest BCUT2D eigenvalue weighted by Crippen LogP contribution is 2.24. The number of hydrogen-bond donors (Lipinski definition) is 2. The zero-order chi connectivity index (χ0) is 11.5. The maximum absolute atomic E-state index is 8.77. The van der Waals surface area contributed by atoms with E-state index in [0.717, 1.165) is 5.69 Å². The smallest absolute Gasteiger partial charge is 0.229 e. The van der Waals surface area contributed by atoms with Gasteiger partial charge in [0.2, 0.25) is 5.88 Å². The average Bonchev–Trinajstić information content (AvgIpc) is 2.67. The van der Waals surface area contributed by atoms with Crippen molar-refractivity contribution < 1.29 is 4.52 Å². The number of benzene rings is 1. The van der Waals surface area contributed by atoms with Gasteiger partial charge < -0.3 is 15.6 Å². The Morgan fingerprint density at radius 3 is 2.88 bits per heavy atom. The molecule has 0 amide bonds. The molecular weight excluding hydrogens is 204 g/mol. The maximum atomic E-state index is 8.77. The standard InChI is InChI=1S/C11H10N4O/c1-7-4-11(16-15-7)14-10-5-8(6-12)2-3-9(10)13/h2-5,14H,13H2,1H3. The predicted molar refractivity (Wildman–Crippen MR) is 60.1 cm³/mol. The molecule has 80 valence electrons. The van der Waals surface area contributed by atoms with Crippen LogP contribution in [0.4, 0.5) is 17.3 Å². The second kappa shape index (κ2) is 3.95. The molecule has 5 heteroatoms. The number of nitrogens with one attached hydrogen (secondary N) is 1. The van der Waals surface area contributed by atoms with Crippen LogP contribution in [-0.2, 0) is 0 Å². The first-order chi connectivity index (χ1) is 7.69. The van der Waals surface area contributed by atoms with Crippen molar-refractivity contribution in [3.8, 4) is 6.07 Å². The Morgan fingerprint density at radius 1 is 1.44 bits per heavy atom. The Bertz CT molecular complexity index is 553. The number of aromatic nitrogens is 1. The first-order valence-electron chi connectivity index (χ1n) is 4.69. The van der Waals surface area contributed by atoms with Gasteiger partial charge in [-0.2, -0.15) is 5.26 Å². The molecule has 0 aliphatic carbocycles. The van der Waals surface area contributed by atoms with E-state index in [9.17, 15) is 0 Å². The lowest BCUT2D eigenvalue weighted by molar-refractivity contribution is 0.430. The first kappa shape index (κ1) is 10.1. The minimum Gasteiger partial charge on any atom is -0.397 e. The van der Waals surface area contributed by atoms with Gasteiger partial charge in [-0.3, -0.25) is 0 Å². The lowest BCUT2D eigenvalue weighted by atomic mass is 10.2. The van der Waals surface area contributed by atoms with Gasteiger partial charge in [-0.05, 0) is 25.1 Å². The van der Waals surface area contributed by atoms with Gasteiger partial charge in [0.25, 0.3) is 0 Å². The summed E-state index contributed by atoms with van der Waals surface area (Å²) >= 11 is 0. The molecule has 0 saturated carbocycles. The van der Waals surface area contributed by atoms with Crippen LogP contribution < -0.4 is 11.1 Å². The van der Waals surface area contributed by atoms with Crippen LogP contribution in [0.15, 0.2) is 28.8 Å². The normalized spacial score (nSPS) is 9.75. The van der Waals surface area contributed by atoms with Gasteiger partial charge in [0.15, 0.2) is 0 Å². The highest BCUT2D eigenvalue weighted by molar-refractivity contribution is 5.72. The Hall–Kier alpha value is -2.48. The number of anilines is 3. The fourth-order valence-electron chi connectivity index (χ4n) is 1.29. The number of rotatable bonds is 2. The van der Waals surface area contributed by atoms with E-state index in [4.69, 9.17) is 15.5 Å². The monoisotopic (exact) mass is 214 g/mol. The summed E-state index contributed by atoms with van der Waals surface area (Å²) in [5.41, 5.74) is 8.26. The molecule has 0 unspecified atom stereocenters. The molecule has 16 heavy (non-hydrogen) atoms. The Morgan fingerprint density at radius 2 is 2.25 bits per heavy atom. The van der Waals surface area contributed by atoms with E-state index in [0.29, 0.717) is 22.8 Å². The van der Waals surface area contributed by atoms with Crippen molar-refractivity contribution in [3.05, 3.63) is 35.5 Å². The summed E-state index contributed by atoms with van der Waals surface area (Å²) in [7, 11) is 0. The summed E-state index contributed by atoms with van der Waals surface area (Å²) in [5, 5.41) is 15.5. The van der Waals surface area contributed by atoms with Crippen molar-refractivity contribution in [2.75, 3.05) is 11.1 Å². The highest BCUT2D eigenvalue weighted by Gasteiger charge is 2.04. The minimum absolute atomic E-state index is 0.499. The molecule has 0 radical (unpaired) electrons. The molecule has 1 heterocycles. The number of nitrogens with two attached hydrogens (primary N) is 1. The molecular formula is C11H10N4O. The Kier molecular flexibility index (Phi) is 2.48. The third-order valence-electron chi connectivity index (χ3n) is 2.07. The lowest BCUT2D eigenvalue weighted by Gasteiger charge is -2.05. The molecule has 5 nitrogen and oxygen atoms in total. The molecule has 0 spiro atoms. The van der Waals surface area contributed by atoms with Crippen LogP contribution >= 0.6 is 0 Å². The minimum atomic E-state index is 0.499. The van der Waals surface area contributed by atoms with E-state index >= 15 is 0 Å². The zero-order valence-electron chi connectivity index (χ0n) is 8.69. The SMILES string of the molecule is Cc1cc(Nc2cc(C#N)ccc2N)on1. The molecule has 0 fully saturated rings. The quantitative estimate of drug-likeness (QED) is 0.748. The Labute approximate surface area is 92.5 Å². The summed E-state index contributed by atoms with van der Waals surface area (Å²) < 4.78 is 5.00. The van der Waals surface area contributed by atoms with Crippen molar-refractivity contribution in [1.82, 2.24) is 5.16 Å². The second-order valence-electron chi connectivity index (χ2n) is 3.37. The van der Waals surface area contributed by atoms with E-state index < -0.39 is 0 Å². The van der Waals surface area contributed by atoms with E-state index in [1.165, 1.54) is 0 Å². The van der Waals surface area contributed by atoms with Gasteiger partial charge in [-0.25, -0.2) is 0 Å². The van der Waals surface area contributed by atoms with Crippen molar-refractivity contribution >= 4 is 17.3 Å². The summed E-state index contributed by atoms with van der Waals surface area (Å²) in [5.74, 6) is 0.499. The molecule has 2 aromatic rings. The van der Waals surface area contributed by atoms with Crippen molar-refractivity contribution in [2.24, 2.45) is 0 Å². The average molecular weight is 214 g/mol. The number of nitrogen functional groups attached to an aromatic ring is 1. The molecule has 0 bridgehead atoms. The molecule has 0 aliphatic heterocycles. The van der Waals surface area contributed by atoms with Gasteiger partial charge in [0, 0.05) is 6.07 Å². The fraction of sp³-hybridized carbons (Fsp3) is 0.0909. The molecule has 3 N–H and O–H groups in total. The largest absolute Gasteiger partial charge is 0.397 e. The van der Waals surface area contributed by atoms with Gasteiger partial charge in [-0.1, -0.05) is 5.16 Å². The third kappa shape index (κ3) is 1.96. The number of nitrogens with zero attached hydrogens (tertiary/aromatic N) is 2. The maximum Gasteiger partial charge on any atom is 0.229 e. The molecule has 1 aromatic carbocycles. The summed E-state index contributed by atoms with van der Waals surface area (Å²) in [6.07, 6.45) is 0. The van der Waals surface area contributed by atoms with Gasteiger partial charge in [-0.15, -0.1) is 0 Å². The summed E-state index contributed by atoms with van der Waals surface area (Å²) in [4.78, 5) is 0. The Balaban J connectivity index is 2.30. The van der Waals surface area contributed by atoms with Crippen LogP contribution in [0.25, 0.3) is 0 Å². The van der Waals surface area contributed by atoms with Gasteiger partial charge in [0.1, 0.15) is 0 Å². The number of aryl methyl sites for hydroxylation is 1. The molecule has 2 rings (SSSR count). The molecule has 0 saturated heterocycles. The number of hydrogen-bond acceptors (Lipinski definition) is 5. The highest BCUT2D eigenvalue weighted by atomic mass is 16.5. The second-order valence-corrected chi connectivity index (χ2v) is 3.37. The van der Waals surface area contributed by atoms with Crippen LogP contribution in [0, 0.1) is 18.3 Å².